The number of nitrogens with two attached hydrogens (primary N) is 2. The highest BCUT2D eigenvalue weighted by Gasteiger charge is 2.22. The van der Waals surface area contributed by atoms with Gasteiger partial charge in [-0.2, -0.15) is 37.9 Å². The molecule has 0 radical (unpaired) electrons. The van der Waals surface area contributed by atoms with Crippen molar-refractivity contribution in [2.24, 2.45) is 11.5 Å². The van der Waals surface area contributed by atoms with E-state index < -0.39 is 0 Å². The van der Waals surface area contributed by atoms with Crippen molar-refractivity contribution in [2.75, 3.05) is 5.75 Å². The molecular formula is C43H36N2S4. The van der Waals surface area contributed by atoms with Gasteiger partial charge in [-0.25, -0.2) is 0 Å². The summed E-state index contributed by atoms with van der Waals surface area (Å²) in [5.41, 5.74) is 25.3. The molecule has 0 aliphatic heterocycles. The first-order valence-electron chi connectivity index (χ1n) is 16.5. The maximum atomic E-state index is 6.12. The van der Waals surface area contributed by atoms with Gasteiger partial charge >= 0.3 is 0 Å². The zero-order valence-corrected chi connectivity index (χ0v) is 30.3. The fourth-order valence-electron chi connectivity index (χ4n) is 7.37. The van der Waals surface area contributed by atoms with Crippen LogP contribution >= 0.6 is 50.5 Å². The Morgan fingerprint density at radius 1 is 0.510 bits per heavy atom. The molecule has 6 heteroatoms. The predicted molar refractivity (Wildman–Crippen MR) is 225 cm³/mol. The smallest absolute Gasteiger partial charge is 0.0734 e. The Balaban J connectivity index is 1.49. The quantitative estimate of drug-likeness (QED) is 0.0567. The van der Waals surface area contributed by atoms with Crippen LogP contribution in [0.5, 0.6) is 0 Å². The van der Waals surface area contributed by atoms with Gasteiger partial charge in [0.15, 0.2) is 0 Å². The Hall–Kier alpha value is -3.62. The van der Waals surface area contributed by atoms with Gasteiger partial charge in [-0.3, -0.25) is 0 Å². The van der Waals surface area contributed by atoms with Gasteiger partial charge < -0.3 is 11.5 Å². The number of rotatable bonds is 7. The van der Waals surface area contributed by atoms with Crippen LogP contribution < -0.4 is 11.5 Å². The molecule has 242 valence electrons. The molecule has 2 nitrogen and oxygen atoms in total. The summed E-state index contributed by atoms with van der Waals surface area (Å²) >= 11 is 18.1. The van der Waals surface area contributed by atoms with Crippen LogP contribution in [0.2, 0.25) is 0 Å². The van der Waals surface area contributed by atoms with Crippen molar-refractivity contribution < 1.29 is 0 Å². The molecule has 2 unspecified atom stereocenters. The van der Waals surface area contributed by atoms with Crippen molar-refractivity contribution in [1.82, 2.24) is 0 Å². The summed E-state index contributed by atoms with van der Waals surface area (Å²) in [5, 5.41) is 6.85. The van der Waals surface area contributed by atoms with Gasteiger partial charge in [0.25, 0.3) is 0 Å². The van der Waals surface area contributed by atoms with Crippen molar-refractivity contribution in [3.63, 3.8) is 0 Å². The van der Waals surface area contributed by atoms with E-state index in [-0.39, 0.29) is 10.7 Å². The molecule has 2 atom stereocenters. The third kappa shape index (κ3) is 5.89. The van der Waals surface area contributed by atoms with Crippen LogP contribution in [0.15, 0.2) is 132 Å². The lowest BCUT2D eigenvalue weighted by molar-refractivity contribution is 0.984. The first-order valence-corrected chi connectivity index (χ1v) is 18.6. The van der Waals surface area contributed by atoms with E-state index in [1.807, 2.05) is 0 Å². The second-order valence-corrected chi connectivity index (χ2v) is 14.8. The number of benzene rings is 7. The Morgan fingerprint density at radius 3 is 1.31 bits per heavy atom. The van der Waals surface area contributed by atoms with Crippen LogP contribution in [0.1, 0.15) is 40.3 Å². The Bertz CT molecular complexity index is 2410. The molecular weight excluding hydrogens is 673 g/mol. The van der Waals surface area contributed by atoms with Gasteiger partial charge in [0, 0.05) is 10.6 Å². The van der Waals surface area contributed by atoms with E-state index in [0.29, 0.717) is 0 Å². The SMILES string of the molecule is NC(S)c1ccc(-c2cc(C3=CC=C(CS)CC3)c3ccc4c(-c5ccc(C(N)S)cc5)cc(-c5ccc(S)cc5)c5ccc2c3c45)cc1. The molecule has 0 saturated heterocycles. The zero-order chi connectivity index (χ0) is 33.8. The molecule has 0 spiro atoms. The molecule has 0 fully saturated rings. The lowest BCUT2D eigenvalue weighted by Crippen LogP contribution is -2.02. The summed E-state index contributed by atoms with van der Waals surface area (Å²) < 4.78 is 0. The van der Waals surface area contributed by atoms with Gasteiger partial charge in [0.05, 0.1) is 10.7 Å². The summed E-state index contributed by atoms with van der Waals surface area (Å²) in [4.78, 5) is 0.940. The molecule has 7 aromatic rings. The Morgan fingerprint density at radius 2 is 0.918 bits per heavy atom. The van der Waals surface area contributed by atoms with Crippen LogP contribution in [0, 0.1) is 0 Å². The average Bonchev–Trinajstić information content (AvgIpc) is 3.14. The van der Waals surface area contributed by atoms with Crippen molar-refractivity contribution >= 4 is 88.4 Å². The second kappa shape index (κ2) is 13.3. The molecule has 8 rings (SSSR count). The van der Waals surface area contributed by atoms with Crippen LogP contribution in [0.3, 0.4) is 0 Å². The predicted octanol–water partition coefficient (Wildman–Crippen LogP) is 11.7. The third-order valence-electron chi connectivity index (χ3n) is 9.99. The topological polar surface area (TPSA) is 52.0 Å². The highest BCUT2D eigenvalue weighted by Crippen LogP contribution is 2.48. The minimum absolute atomic E-state index is 0.322. The Labute approximate surface area is 309 Å². The molecule has 1 aliphatic carbocycles. The second-order valence-electron chi connectivity index (χ2n) is 12.9. The summed E-state index contributed by atoms with van der Waals surface area (Å²) in [6, 6.07) is 39.5. The van der Waals surface area contributed by atoms with E-state index in [1.165, 1.54) is 65.7 Å². The highest BCUT2D eigenvalue weighted by molar-refractivity contribution is 7.80. The normalized spacial score (nSPS) is 14.7. The van der Waals surface area contributed by atoms with E-state index in [4.69, 9.17) is 11.5 Å². The monoisotopic (exact) mass is 708 g/mol. The molecule has 0 heterocycles. The third-order valence-corrected chi connectivity index (χ3v) is 11.3. The molecule has 0 aromatic heterocycles. The van der Waals surface area contributed by atoms with Crippen LogP contribution in [0.25, 0.3) is 71.3 Å². The summed E-state index contributed by atoms with van der Waals surface area (Å²) in [6.45, 7) is 0. The molecule has 7 aromatic carbocycles. The number of allylic oxidation sites excluding steroid dienone is 3. The maximum absolute atomic E-state index is 6.12. The minimum atomic E-state index is -0.326. The molecule has 49 heavy (non-hydrogen) atoms. The van der Waals surface area contributed by atoms with Gasteiger partial charge in [0.2, 0.25) is 0 Å². The van der Waals surface area contributed by atoms with Crippen LogP contribution in [-0.4, -0.2) is 5.75 Å². The number of hydrogen-bond acceptors (Lipinski definition) is 6. The maximum Gasteiger partial charge on any atom is 0.0734 e. The fraction of sp³-hybridized carbons (Fsp3) is 0.116. The summed E-state index contributed by atoms with van der Waals surface area (Å²) in [5.74, 6) is 0.786. The molecule has 4 N–H and O–H groups in total. The van der Waals surface area contributed by atoms with Crippen molar-refractivity contribution in [3.05, 3.63) is 144 Å². The number of thiol groups is 4. The van der Waals surface area contributed by atoms with Crippen LogP contribution in [0.4, 0.5) is 0 Å². The fourth-order valence-corrected chi connectivity index (χ4v) is 8.13. The van der Waals surface area contributed by atoms with Gasteiger partial charge in [-0.15, -0.1) is 12.6 Å². The largest absolute Gasteiger partial charge is 0.316 e. The van der Waals surface area contributed by atoms with E-state index in [0.717, 1.165) is 51.3 Å². The van der Waals surface area contributed by atoms with Crippen molar-refractivity contribution in [1.29, 1.82) is 0 Å². The minimum Gasteiger partial charge on any atom is -0.316 e. The molecule has 0 saturated carbocycles. The highest BCUT2D eigenvalue weighted by atomic mass is 32.1. The molecule has 0 bridgehead atoms. The van der Waals surface area contributed by atoms with Crippen molar-refractivity contribution in [2.45, 2.75) is 28.5 Å². The average molecular weight is 709 g/mol. The standard InChI is InChI=1S/C43H36N2S4/c44-42(48)29-9-5-26(6-10-29)37-21-36(25-3-1-24(23-46)2-4-25)32-17-18-34-38(27-7-11-30(12-8-27)43(45)49)22-39(28-13-15-31(47)16-14-28)35-20-19-33(37)40(32)41(34)35/h1,3,5-22,42-43,46-49H,2,4,23,44-45H2. The summed E-state index contributed by atoms with van der Waals surface area (Å²) in [6.07, 6.45) is 6.56. The van der Waals surface area contributed by atoms with Gasteiger partial charge in [-0.05, 0) is 125 Å². The first-order chi connectivity index (χ1) is 23.8. The zero-order valence-electron chi connectivity index (χ0n) is 26.8. The lowest BCUT2D eigenvalue weighted by atomic mass is 9.81. The first kappa shape index (κ1) is 32.6. The van der Waals surface area contributed by atoms with E-state index in [9.17, 15) is 0 Å². The van der Waals surface area contributed by atoms with E-state index >= 15 is 0 Å². The molecule has 0 amide bonds. The van der Waals surface area contributed by atoms with E-state index in [2.05, 4.69) is 172 Å². The van der Waals surface area contributed by atoms with Crippen molar-refractivity contribution in [3.8, 4) is 33.4 Å². The van der Waals surface area contributed by atoms with Gasteiger partial charge in [-0.1, -0.05) is 103 Å². The number of hydrogen-bond donors (Lipinski definition) is 6. The van der Waals surface area contributed by atoms with E-state index in [1.54, 1.807) is 0 Å². The van der Waals surface area contributed by atoms with Gasteiger partial charge in [0.1, 0.15) is 0 Å². The van der Waals surface area contributed by atoms with Crippen LogP contribution in [-0.2, 0) is 0 Å². The Kier molecular flexibility index (Phi) is 8.81. The molecule has 1 aliphatic rings. The summed E-state index contributed by atoms with van der Waals surface area (Å²) in [7, 11) is 0. The lowest BCUT2D eigenvalue weighted by Gasteiger charge is -2.23.